The lowest BCUT2D eigenvalue weighted by Gasteiger charge is -2.15. The van der Waals surface area contributed by atoms with Gasteiger partial charge in [-0.15, -0.1) is 0 Å². The summed E-state index contributed by atoms with van der Waals surface area (Å²) in [5.74, 6) is -0.825. The first kappa shape index (κ1) is 20.5. The highest BCUT2D eigenvalue weighted by Crippen LogP contribution is 2.27. The molecule has 2 aromatic carbocycles. The van der Waals surface area contributed by atoms with Crippen LogP contribution in [0.2, 0.25) is 0 Å². The van der Waals surface area contributed by atoms with Gasteiger partial charge in [-0.05, 0) is 44.0 Å². The van der Waals surface area contributed by atoms with Gasteiger partial charge in [0, 0.05) is 13.0 Å². The number of carbonyl (C=O) groups excluding carboxylic acids is 1. The Morgan fingerprint density at radius 3 is 2.52 bits per heavy atom. The minimum absolute atomic E-state index is 0.0904. The third-order valence-corrected chi connectivity index (χ3v) is 3.67. The van der Waals surface area contributed by atoms with E-state index in [1.165, 1.54) is 12.1 Å². The largest absolute Gasteiger partial charge is 0.489 e. The minimum atomic E-state index is -1.06. The van der Waals surface area contributed by atoms with E-state index in [4.69, 9.17) is 14.6 Å². The van der Waals surface area contributed by atoms with Gasteiger partial charge in [-0.2, -0.15) is 0 Å². The van der Waals surface area contributed by atoms with Gasteiger partial charge in [0.2, 0.25) is 5.91 Å². The zero-order valence-electron chi connectivity index (χ0n) is 15.6. The molecule has 1 amide bonds. The van der Waals surface area contributed by atoms with Crippen molar-refractivity contribution in [1.29, 1.82) is 0 Å². The quantitative estimate of drug-likeness (QED) is 0.614. The molecular weight excluding hydrogens is 346 g/mol. The minimum Gasteiger partial charge on any atom is -0.489 e. The normalized spacial score (nSPS) is 10.6. The molecule has 0 aliphatic carbocycles. The summed E-state index contributed by atoms with van der Waals surface area (Å²) in [6.45, 7) is 4.70. The molecule has 0 aliphatic heterocycles. The predicted molar refractivity (Wildman–Crippen MR) is 103 cm³/mol. The highest BCUT2D eigenvalue weighted by Gasteiger charge is 2.13. The molecule has 6 nitrogen and oxygen atoms in total. The topological polar surface area (TPSA) is 84.9 Å². The smallest absolute Gasteiger partial charge is 0.335 e. The fourth-order valence-corrected chi connectivity index (χ4v) is 2.43. The highest BCUT2D eigenvalue weighted by molar-refractivity contribution is 5.95. The SMILES string of the molecule is CC(C)Oc1ccc(C(=O)O)cc1NC(=O)CCCOCc1ccccc1. The van der Waals surface area contributed by atoms with Gasteiger partial charge in [-0.3, -0.25) is 4.79 Å². The second kappa shape index (κ2) is 10.3. The second-order valence-electron chi connectivity index (χ2n) is 6.37. The number of anilines is 1. The van der Waals surface area contributed by atoms with Crippen molar-refractivity contribution < 1.29 is 24.2 Å². The number of rotatable bonds is 10. The fourth-order valence-electron chi connectivity index (χ4n) is 2.43. The van der Waals surface area contributed by atoms with Crippen LogP contribution < -0.4 is 10.1 Å². The summed E-state index contributed by atoms with van der Waals surface area (Å²) in [4.78, 5) is 23.4. The summed E-state index contributed by atoms with van der Waals surface area (Å²) in [6, 6.07) is 14.2. The van der Waals surface area contributed by atoms with Crippen LogP contribution in [0.15, 0.2) is 48.5 Å². The van der Waals surface area contributed by atoms with Gasteiger partial charge in [0.25, 0.3) is 0 Å². The Morgan fingerprint density at radius 1 is 1.11 bits per heavy atom. The molecule has 0 bridgehead atoms. The lowest BCUT2D eigenvalue weighted by Crippen LogP contribution is -2.15. The van der Waals surface area contributed by atoms with Gasteiger partial charge in [0.15, 0.2) is 0 Å². The molecule has 2 rings (SSSR count). The first-order valence-corrected chi connectivity index (χ1v) is 8.91. The number of aromatic carboxylic acids is 1. The number of hydrogen-bond acceptors (Lipinski definition) is 4. The van der Waals surface area contributed by atoms with Crippen molar-refractivity contribution in [2.24, 2.45) is 0 Å². The van der Waals surface area contributed by atoms with E-state index in [-0.39, 0.29) is 24.0 Å². The molecule has 0 fully saturated rings. The molecule has 0 unspecified atom stereocenters. The van der Waals surface area contributed by atoms with E-state index >= 15 is 0 Å². The molecule has 0 atom stereocenters. The van der Waals surface area contributed by atoms with Crippen LogP contribution in [0.4, 0.5) is 5.69 Å². The van der Waals surface area contributed by atoms with Gasteiger partial charge < -0.3 is 19.9 Å². The maximum atomic E-state index is 12.2. The second-order valence-corrected chi connectivity index (χ2v) is 6.37. The number of carboxylic acid groups (broad SMARTS) is 1. The molecule has 6 heteroatoms. The molecule has 2 N–H and O–H groups in total. The molecule has 27 heavy (non-hydrogen) atoms. The van der Waals surface area contributed by atoms with E-state index < -0.39 is 5.97 Å². The van der Waals surface area contributed by atoms with Crippen LogP contribution in [0.25, 0.3) is 0 Å². The van der Waals surface area contributed by atoms with Crippen LogP contribution in [-0.2, 0) is 16.1 Å². The summed E-state index contributed by atoms with van der Waals surface area (Å²) in [5, 5.41) is 11.9. The van der Waals surface area contributed by atoms with E-state index in [9.17, 15) is 9.59 Å². The average molecular weight is 371 g/mol. The summed E-state index contributed by atoms with van der Waals surface area (Å²) < 4.78 is 11.2. The standard InChI is InChI=1S/C21H25NO5/c1-15(2)27-19-11-10-17(21(24)25)13-18(19)22-20(23)9-6-12-26-14-16-7-4-3-5-8-16/h3-5,7-8,10-11,13,15H,6,9,12,14H2,1-2H3,(H,22,23)(H,24,25). The van der Waals surface area contributed by atoms with E-state index in [1.807, 2.05) is 44.2 Å². The Hall–Kier alpha value is -2.86. The predicted octanol–water partition coefficient (Wildman–Crippen LogP) is 4.11. The first-order chi connectivity index (χ1) is 13.0. The average Bonchev–Trinajstić information content (AvgIpc) is 2.63. The van der Waals surface area contributed by atoms with Crippen molar-refractivity contribution in [3.63, 3.8) is 0 Å². The third kappa shape index (κ3) is 7.11. The molecular formula is C21H25NO5. The van der Waals surface area contributed by atoms with Gasteiger partial charge >= 0.3 is 5.97 Å². The van der Waals surface area contributed by atoms with Crippen molar-refractivity contribution in [3.05, 3.63) is 59.7 Å². The van der Waals surface area contributed by atoms with Crippen LogP contribution in [-0.4, -0.2) is 29.7 Å². The van der Waals surface area contributed by atoms with Gasteiger partial charge in [-0.25, -0.2) is 4.79 Å². The summed E-state index contributed by atoms with van der Waals surface area (Å²) >= 11 is 0. The maximum Gasteiger partial charge on any atom is 0.335 e. The number of benzene rings is 2. The monoisotopic (exact) mass is 371 g/mol. The molecule has 0 aromatic heterocycles. The first-order valence-electron chi connectivity index (χ1n) is 8.91. The number of nitrogens with one attached hydrogen (secondary N) is 1. The molecule has 0 heterocycles. The molecule has 0 saturated carbocycles. The Labute approximate surface area is 159 Å². The van der Waals surface area contributed by atoms with Crippen molar-refractivity contribution in [1.82, 2.24) is 0 Å². The molecule has 0 radical (unpaired) electrons. The Kier molecular flexibility index (Phi) is 7.82. The Balaban J connectivity index is 1.84. The zero-order valence-corrected chi connectivity index (χ0v) is 15.6. The van der Waals surface area contributed by atoms with Crippen LogP contribution in [0.5, 0.6) is 5.75 Å². The number of hydrogen-bond donors (Lipinski definition) is 2. The van der Waals surface area contributed by atoms with Crippen molar-refractivity contribution in [2.45, 2.75) is 39.4 Å². The van der Waals surface area contributed by atoms with Crippen LogP contribution >= 0.6 is 0 Å². The zero-order chi connectivity index (χ0) is 19.6. The molecule has 0 spiro atoms. The summed E-state index contributed by atoms with van der Waals surface area (Å²) in [6.07, 6.45) is 0.743. The van der Waals surface area contributed by atoms with Crippen LogP contribution in [0.3, 0.4) is 0 Å². The molecule has 0 aliphatic rings. The van der Waals surface area contributed by atoms with Crippen LogP contribution in [0, 0.1) is 0 Å². The molecule has 0 saturated heterocycles. The van der Waals surface area contributed by atoms with E-state index in [1.54, 1.807) is 6.07 Å². The highest BCUT2D eigenvalue weighted by atomic mass is 16.5. The summed E-state index contributed by atoms with van der Waals surface area (Å²) in [7, 11) is 0. The number of ether oxygens (including phenoxy) is 2. The lowest BCUT2D eigenvalue weighted by molar-refractivity contribution is -0.116. The Bertz CT molecular complexity index is 758. The van der Waals surface area contributed by atoms with Gasteiger partial charge in [-0.1, -0.05) is 30.3 Å². The van der Waals surface area contributed by atoms with Gasteiger partial charge in [0.1, 0.15) is 5.75 Å². The van der Waals surface area contributed by atoms with Crippen molar-refractivity contribution >= 4 is 17.6 Å². The number of carboxylic acids is 1. The van der Waals surface area contributed by atoms with Crippen molar-refractivity contribution in [2.75, 3.05) is 11.9 Å². The van der Waals surface area contributed by atoms with E-state index in [2.05, 4.69) is 5.32 Å². The third-order valence-electron chi connectivity index (χ3n) is 3.67. The Morgan fingerprint density at radius 2 is 1.85 bits per heavy atom. The summed E-state index contributed by atoms with van der Waals surface area (Å²) in [5.41, 5.74) is 1.54. The van der Waals surface area contributed by atoms with Gasteiger partial charge in [0.05, 0.1) is 24.0 Å². The number of amides is 1. The van der Waals surface area contributed by atoms with Crippen molar-refractivity contribution in [3.8, 4) is 5.75 Å². The number of carbonyl (C=O) groups is 2. The van der Waals surface area contributed by atoms with E-state index in [0.717, 1.165) is 5.56 Å². The van der Waals surface area contributed by atoms with E-state index in [0.29, 0.717) is 31.1 Å². The van der Waals surface area contributed by atoms with Crippen LogP contribution in [0.1, 0.15) is 42.6 Å². The maximum absolute atomic E-state index is 12.2. The molecule has 144 valence electrons. The molecule has 2 aromatic rings. The lowest BCUT2D eigenvalue weighted by atomic mass is 10.1. The fraction of sp³-hybridized carbons (Fsp3) is 0.333.